The van der Waals surface area contributed by atoms with Gasteiger partial charge < -0.3 is 21.7 Å². The minimum atomic E-state index is -0.161. The first kappa shape index (κ1) is 25.1. The second-order valence-corrected chi connectivity index (χ2v) is 8.04. The molecular weight excluding hydrogens is 416 g/mol. The van der Waals surface area contributed by atoms with Gasteiger partial charge in [-0.05, 0) is 45.3 Å². The molecule has 0 amide bonds. The van der Waals surface area contributed by atoms with E-state index < -0.39 is 0 Å². The number of likely N-dealkylation sites (tertiary alicyclic amines) is 1. The molecule has 1 aromatic rings. The van der Waals surface area contributed by atoms with Gasteiger partial charge in [0, 0.05) is 31.0 Å². The van der Waals surface area contributed by atoms with Crippen LogP contribution in [0.5, 0.6) is 0 Å². The van der Waals surface area contributed by atoms with Crippen LogP contribution in [-0.2, 0) is 16.1 Å². The Kier molecular flexibility index (Phi) is 13.4. The minimum Gasteiger partial charge on any atom is -1.00 e. The van der Waals surface area contributed by atoms with Gasteiger partial charge in [0.05, 0.1) is 6.61 Å². The number of unbranched alkanes of at least 4 members (excludes halogenated alkanes) is 8. The van der Waals surface area contributed by atoms with Crippen LogP contribution in [0.25, 0.3) is 0 Å². The number of carbonyl (C=O) groups excluding carboxylic acids is 1. The number of ether oxygens (including phenoxy) is 1. The molecule has 1 aromatic heterocycles. The van der Waals surface area contributed by atoms with Crippen molar-refractivity contribution in [3.8, 4) is 0 Å². The normalized spacial score (nSPS) is 16.7. The Balaban J connectivity index is 0.00000392. The average molecular weight is 455 g/mol. The summed E-state index contributed by atoms with van der Waals surface area (Å²) >= 11 is 0. The number of hydrogen-bond donors (Lipinski definition) is 0. The molecule has 0 N–H and O–H groups in total. The molecule has 2 heterocycles. The standard InChI is InChI=1S/C23H39N2O2.BrH/c1-21(26)27-19-11-9-7-5-3-4-6-8-10-17-25-18-12-14-22(20-25)23-15-13-16-24(23)2;/h12,14,18,20,23H,3-11,13,15-17,19H2,1-2H3;1H/q+1;/p-1/t23-;/m0./s1. The van der Waals surface area contributed by atoms with Crippen molar-refractivity contribution in [2.24, 2.45) is 0 Å². The Bertz CT molecular complexity index is 553. The van der Waals surface area contributed by atoms with Gasteiger partial charge >= 0.3 is 5.97 Å². The SMILES string of the molecule is CC(=O)OCCCCCCCCCCC[n+]1cccc([C@@H]2CCCN2C)c1.[Br-]. The maximum atomic E-state index is 10.7. The molecule has 4 nitrogen and oxygen atoms in total. The number of nitrogens with zero attached hydrogens (tertiary/aromatic N) is 2. The van der Waals surface area contributed by atoms with E-state index in [9.17, 15) is 4.79 Å². The fraction of sp³-hybridized carbons (Fsp3) is 0.739. The highest BCUT2D eigenvalue weighted by atomic mass is 79.9. The quantitative estimate of drug-likeness (QED) is 0.259. The Labute approximate surface area is 182 Å². The van der Waals surface area contributed by atoms with Gasteiger partial charge in [0.25, 0.3) is 0 Å². The van der Waals surface area contributed by atoms with Gasteiger partial charge in [0.15, 0.2) is 12.4 Å². The smallest absolute Gasteiger partial charge is 0.302 e. The molecule has 1 aliphatic heterocycles. The van der Waals surface area contributed by atoms with E-state index in [1.165, 1.54) is 83.2 Å². The van der Waals surface area contributed by atoms with Crippen LogP contribution in [0.2, 0.25) is 0 Å². The van der Waals surface area contributed by atoms with Crippen molar-refractivity contribution in [3.63, 3.8) is 0 Å². The topological polar surface area (TPSA) is 33.4 Å². The average Bonchev–Trinajstić information content (AvgIpc) is 3.08. The number of pyridine rings is 1. The predicted octanol–water partition coefficient (Wildman–Crippen LogP) is 1.82. The number of aryl methyl sites for hydroxylation is 1. The van der Waals surface area contributed by atoms with Crippen LogP contribution < -0.4 is 21.5 Å². The molecule has 0 bridgehead atoms. The molecule has 160 valence electrons. The molecule has 0 saturated carbocycles. The third-order valence-electron chi connectivity index (χ3n) is 5.65. The van der Waals surface area contributed by atoms with Crippen LogP contribution in [-0.4, -0.2) is 31.1 Å². The lowest BCUT2D eigenvalue weighted by atomic mass is 10.1. The van der Waals surface area contributed by atoms with Gasteiger partial charge in [-0.2, -0.15) is 0 Å². The fourth-order valence-corrected chi connectivity index (χ4v) is 4.06. The Morgan fingerprint density at radius 3 is 2.36 bits per heavy atom. The molecule has 28 heavy (non-hydrogen) atoms. The Morgan fingerprint density at radius 1 is 1.11 bits per heavy atom. The third-order valence-corrected chi connectivity index (χ3v) is 5.65. The lowest BCUT2D eigenvalue weighted by molar-refractivity contribution is -0.697. The monoisotopic (exact) mass is 454 g/mol. The second kappa shape index (κ2) is 15.0. The van der Waals surface area contributed by atoms with Crippen LogP contribution >= 0.6 is 0 Å². The highest BCUT2D eigenvalue weighted by Gasteiger charge is 2.24. The molecule has 0 radical (unpaired) electrons. The summed E-state index contributed by atoms with van der Waals surface area (Å²) in [5.41, 5.74) is 1.48. The number of halogens is 1. The van der Waals surface area contributed by atoms with Crippen molar-refractivity contribution in [1.29, 1.82) is 0 Å². The van der Waals surface area contributed by atoms with Crippen LogP contribution in [0.1, 0.15) is 89.2 Å². The molecule has 0 aromatic carbocycles. The molecule has 0 unspecified atom stereocenters. The van der Waals surface area contributed by atoms with Crippen molar-refractivity contribution in [2.75, 3.05) is 20.2 Å². The maximum absolute atomic E-state index is 10.7. The zero-order valence-electron chi connectivity index (χ0n) is 17.9. The largest absolute Gasteiger partial charge is 1.00 e. The number of carbonyl (C=O) groups is 1. The molecule has 2 rings (SSSR count). The summed E-state index contributed by atoms with van der Waals surface area (Å²) in [6.45, 7) is 4.43. The highest BCUT2D eigenvalue weighted by Crippen LogP contribution is 2.29. The summed E-state index contributed by atoms with van der Waals surface area (Å²) in [6, 6.07) is 5.12. The van der Waals surface area contributed by atoms with E-state index >= 15 is 0 Å². The Morgan fingerprint density at radius 2 is 1.75 bits per heavy atom. The Hall–Kier alpha value is -0.940. The zero-order chi connectivity index (χ0) is 19.3. The maximum Gasteiger partial charge on any atom is 0.302 e. The van der Waals surface area contributed by atoms with Crippen LogP contribution in [0.15, 0.2) is 24.5 Å². The van der Waals surface area contributed by atoms with Crippen LogP contribution in [0, 0.1) is 0 Å². The van der Waals surface area contributed by atoms with E-state index in [2.05, 4.69) is 41.0 Å². The minimum absolute atomic E-state index is 0. The highest BCUT2D eigenvalue weighted by molar-refractivity contribution is 5.65. The lowest BCUT2D eigenvalue weighted by Gasteiger charge is -2.18. The summed E-state index contributed by atoms with van der Waals surface area (Å²) in [5.74, 6) is -0.161. The van der Waals surface area contributed by atoms with Crippen molar-refractivity contribution in [2.45, 2.75) is 90.1 Å². The van der Waals surface area contributed by atoms with E-state index in [4.69, 9.17) is 4.74 Å². The van der Waals surface area contributed by atoms with Crippen molar-refractivity contribution in [3.05, 3.63) is 30.1 Å². The fourth-order valence-electron chi connectivity index (χ4n) is 4.06. The van der Waals surface area contributed by atoms with E-state index in [-0.39, 0.29) is 23.0 Å². The molecule has 0 spiro atoms. The third kappa shape index (κ3) is 10.0. The van der Waals surface area contributed by atoms with Crippen LogP contribution in [0.4, 0.5) is 0 Å². The molecule has 1 saturated heterocycles. The summed E-state index contributed by atoms with van der Waals surface area (Å²) in [5, 5.41) is 0. The molecule has 1 fully saturated rings. The first-order chi connectivity index (χ1) is 13.2. The number of hydrogen-bond acceptors (Lipinski definition) is 3. The van der Waals surface area contributed by atoms with Crippen molar-refractivity contribution < 1.29 is 31.1 Å². The van der Waals surface area contributed by atoms with E-state index in [1.54, 1.807) is 0 Å². The number of aromatic nitrogens is 1. The number of esters is 1. The summed E-state index contributed by atoms with van der Waals surface area (Å²) in [4.78, 5) is 13.1. The van der Waals surface area contributed by atoms with Gasteiger partial charge in [0.1, 0.15) is 6.54 Å². The van der Waals surface area contributed by atoms with E-state index in [0.717, 1.165) is 13.0 Å². The molecular formula is C23H39BrN2O2. The summed E-state index contributed by atoms with van der Waals surface area (Å²) in [6.07, 6.45) is 18.6. The van der Waals surface area contributed by atoms with E-state index in [1.807, 2.05) is 0 Å². The van der Waals surface area contributed by atoms with Crippen molar-refractivity contribution in [1.82, 2.24) is 4.90 Å². The van der Waals surface area contributed by atoms with Gasteiger partial charge in [-0.1, -0.05) is 38.5 Å². The molecule has 0 aliphatic carbocycles. The predicted molar refractivity (Wildman–Crippen MR) is 109 cm³/mol. The van der Waals surface area contributed by atoms with Crippen LogP contribution in [0.3, 0.4) is 0 Å². The van der Waals surface area contributed by atoms with Gasteiger partial charge in [-0.15, -0.1) is 0 Å². The van der Waals surface area contributed by atoms with E-state index in [0.29, 0.717) is 12.6 Å². The summed E-state index contributed by atoms with van der Waals surface area (Å²) < 4.78 is 7.33. The first-order valence-electron chi connectivity index (χ1n) is 11.0. The van der Waals surface area contributed by atoms with Gasteiger partial charge in [0.2, 0.25) is 0 Å². The molecule has 1 aliphatic rings. The second-order valence-electron chi connectivity index (χ2n) is 8.04. The first-order valence-corrected chi connectivity index (χ1v) is 11.0. The summed E-state index contributed by atoms with van der Waals surface area (Å²) in [7, 11) is 2.24. The van der Waals surface area contributed by atoms with Gasteiger partial charge in [-0.25, -0.2) is 4.57 Å². The molecule has 5 heteroatoms. The zero-order valence-corrected chi connectivity index (χ0v) is 19.5. The molecule has 1 atom stereocenters. The lowest BCUT2D eigenvalue weighted by Crippen LogP contribution is -3.00. The number of rotatable bonds is 13. The van der Waals surface area contributed by atoms with Gasteiger partial charge in [-0.3, -0.25) is 9.69 Å². The van der Waals surface area contributed by atoms with Crippen molar-refractivity contribution >= 4 is 5.97 Å².